The number of aromatic nitrogens is 2. The van der Waals surface area contributed by atoms with Gasteiger partial charge in [-0.3, -0.25) is 0 Å². The summed E-state index contributed by atoms with van der Waals surface area (Å²) < 4.78 is 37.1. The molecule has 1 aromatic heterocycles. The van der Waals surface area contributed by atoms with Gasteiger partial charge < -0.3 is 10.2 Å². The van der Waals surface area contributed by atoms with Gasteiger partial charge >= 0.3 is 0 Å². The highest BCUT2D eigenvalue weighted by molar-refractivity contribution is 7.91. The molecule has 1 saturated heterocycles. The average molecular weight is 350 g/mol. The molecular formula is C16H19FN4O2S. The summed E-state index contributed by atoms with van der Waals surface area (Å²) in [6.45, 7) is 1.75. The summed E-state index contributed by atoms with van der Waals surface area (Å²) in [4.78, 5) is 10.5. The quantitative estimate of drug-likeness (QED) is 0.912. The Kier molecular flexibility index (Phi) is 4.40. The number of hydrogen-bond donors (Lipinski definition) is 1. The number of nitrogens with zero attached hydrogens (tertiary/aromatic N) is 3. The molecule has 24 heavy (non-hydrogen) atoms. The molecule has 1 fully saturated rings. The van der Waals surface area contributed by atoms with Crippen molar-refractivity contribution in [3.63, 3.8) is 0 Å². The molecule has 0 saturated carbocycles. The number of nitrogens with one attached hydrogen (secondary N) is 1. The van der Waals surface area contributed by atoms with E-state index in [1.54, 1.807) is 31.2 Å². The molecule has 3 rings (SSSR count). The maximum Gasteiger partial charge on any atom is 0.152 e. The van der Waals surface area contributed by atoms with Gasteiger partial charge in [0.1, 0.15) is 23.3 Å². The molecule has 128 valence electrons. The third-order valence-electron chi connectivity index (χ3n) is 4.08. The summed E-state index contributed by atoms with van der Waals surface area (Å²) in [5.74, 6) is 1.57. The van der Waals surface area contributed by atoms with Crippen molar-refractivity contribution in [3.8, 4) is 0 Å². The van der Waals surface area contributed by atoms with Crippen LogP contribution in [0, 0.1) is 12.7 Å². The number of halogens is 1. The molecule has 2 aromatic rings. The number of hydrogen-bond acceptors (Lipinski definition) is 6. The predicted octanol–water partition coefficient (Wildman–Crippen LogP) is 2.29. The fourth-order valence-corrected chi connectivity index (χ4v) is 4.54. The van der Waals surface area contributed by atoms with Crippen molar-refractivity contribution in [2.45, 2.75) is 19.4 Å². The van der Waals surface area contributed by atoms with Crippen LogP contribution >= 0.6 is 0 Å². The van der Waals surface area contributed by atoms with Crippen LogP contribution in [-0.4, -0.2) is 43.0 Å². The predicted molar refractivity (Wildman–Crippen MR) is 91.9 cm³/mol. The van der Waals surface area contributed by atoms with Gasteiger partial charge in [-0.15, -0.1) is 0 Å². The fraction of sp³-hybridized carbons (Fsp3) is 0.375. The number of sulfone groups is 1. The summed E-state index contributed by atoms with van der Waals surface area (Å²) in [5, 5.41) is 2.94. The fourth-order valence-electron chi connectivity index (χ4n) is 2.77. The Morgan fingerprint density at radius 2 is 2.04 bits per heavy atom. The van der Waals surface area contributed by atoms with E-state index < -0.39 is 9.84 Å². The molecule has 6 nitrogen and oxygen atoms in total. The molecule has 0 radical (unpaired) electrons. The van der Waals surface area contributed by atoms with Crippen LogP contribution < -0.4 is 10.2 Å². The summed E-state index contributed by atoms with van der Waals surface area (Å²) in [6, 6.07) is 7.93. The highest BCUT2D eigenvalue weighted by Crippen LogP contribution is 2.25. The zero-order valence-corrected chi connectivity index (χ0v) is 14.3. The van der Waals surface area contributed by atoms with E-state index in [4.69, 9.17) is 0 Å². The van der Waals surface area contributed by atoms with Gasteiger partial charge in [0.15, 0.2) is 9.84 Å². The number of anilines is 3. The molecule has 1 aromatic carbocycles. The van der Waals surface area contributed by atoms with Crippen LogP contribution in [0.1, 0.15) is 12.2 Å². The second kappa shape index (κ2) is 6.35. The molecule has 0 bridgehead atoms. The van der Waals surface area contributed by atoms with Crippen molar-refractivity contribution in [1.82, 2.24) is 9.97 Å². The van der Waals surface area contributed by atoms with Crippen molar-refractivity contribution in [2.24, 2.45) is 0 Å². The Balaban J connectivity index is 1.85. The lowest BCUT2D eigenvalue weighted by atomic mass is 10.2. The lowest BCUT2D eigenvalue weighted by molar-refractivity contribution is 0.600. The normalized spacial score (nSPS) is 19.2. The largest absolute Gasteiger partial charge is 0.355 e. The Bertz CT molecular complexity index is 857. The Morgan fingerprint density at radius 1 is 1.29 bits per heavy atom. The Labute approximate surface area is 140 Å². The standard InChI is InChI=1S/C16H19FN4O2S/c1-11-18-15(20-14-6-4-3-5-13(14)17)9-16(19-11)21(2)12-7-8-24(22,23)10-12/h3-6,9,12H,7-8,10H2,1-2H3,(H,18,19,20). The van der Waals surface area contributed by atoms with Gasteiger partial charge in [-0.2, -0.15) is 0 Å². The topological polar surface area (TPSA) is 75.2 Å². The first kappa shape index (κ1) is 16.6. The molecule has 0 aliphatic carbocycles. The minimum absolute atomic E-state index is 0.106. The molecule has 0 amide bonds. The van der Waals surface area contributed by atoms with Gasteiger partial charge in [0.2, 0.25) is 0 Å². The zero-order chi connectivity index (χ0) is 17.3. The van der Waals surface area contributed by atoms with E-state index in [1.807, 2.05) is 11.9 Å². The van der Waals surface area contributed by atoms with Crippen LogP contribution in [0.2, 0.25) is 0 Å². The number of rotatable bonds is 4. The molecule has 8 heteroatoms. The smallest absolute Gasteiger partial charge is 0.152 e. The maximum atomic E-state index is 13.8. The molecule has 2 heterocycles. The molecular weight excluding hydrogens is 331 g/mol. The minimum atomic E-state index is -2.97. The number of benzene rings is 1. The van der Waals surface area contributed by atoms with E-state index in [9.17, 15) is 12.8 Å². The SMILES string of the molecule is Cc1nc(Nc2ccccc2F)cc(N(C)C2CCS(=O)(=O)C2)n1. The highest BCUT2D eigenvalue weighted by atomic mass is 32.2. The van der Waals surface area contributed by atoms with E-state index in [2.05, 4.69) is 15.3 Å². The first-order valence-electron chi connectivity index (χ1n) is 7.64. The van der Waals surface area contributed by atoms with Crippen molar-refractivity contribution in [1.29, 1.82) is 0 Å². The summed E-state index contributed by atoms with van der Waals surface area (Å²) in [6.07, 6.45) is 0.581. The third kappa shape index (κ3) is 3.64. The first-order valence-corrected chi connectivity index (χ1v) is 9.47. The summed E-state index contributed by atoms with van der Waals surface area (Å²) >= 11 is 0. The third-order valence-corrected chi connectivity index (χ3v) is 5.83. The molecule has 1 aliphatic rings. The van der Waals surface area contributed by atoms with Crippen molar-refractivity contribution < 1.29 is 12.8 Å². The molecule has 1 unspecified atom stereocenters. The average Bonchev–Trinajstić information content (AvgIpc) is 2.88. The molecule has 1 N–H and O–H groups in total. The van der Waals surface area contributed by atoms with Gasteiger partial charge in [0, 0.05) is 19.2 Å². The van der Waals surface area contributed by atoms with Crippen LogP contribution in [0.4, 0.5) is 21.7 Å². The second-order valence-corrected chi connectivity index (χ2v) is 8.16. The van der Waals surface area contributed by atoms with Crippen molar-refractivity contribution >= 4 is 27.2 Å². The van der Waals surface area contributed by atoms with Crippen LogP contribution in [0.3, 0.4) is 0 Å². The highest BCUT2D eigenvalue weighted by Gasteiger charge is 2.31. The second-order valence-electron chi connectivity index (χ2n) is 5.93. The molecule has 0 spiro atoms. The minimum Gasteiger partial charge on any atom is -0.355 e. The molecule has 1 atom stereocenters. The van der Waals surface area contributed by atoms with Gasteiger partial charge in [0.05, 0.1) is 17.2 Å². The number of para-hydroxylation sites is 1. The van der Waals surface area contributed by atoms with Gasteiger partial charge in [-0.1, -0.05) is 12.1 Å². The van der Waals surface area contributed by atoms with E-state index >= 15 is 0 Å². The lowest BCUT2D eigenvalue weighted by Crippen LogP contribution is -2.33. The monoisotopic (exact) mass is 350 g/mol. The first-order chi connectivity index (χ1) is 11.3. The Morgan fingerprint density at radius 3 is 2.71 bits per heavy atom. The summed E-state index contributed by atoms with van der Waals surface area (Å²) in [7, 11) is -1.15. The summed E-state index contributed by atoms with van der Waals surface area (Å²) in [5.41, 5.74) is 0.327. The van der Waals surface area contributed by atoms with Gasteiger partial charge in [-0.25, -0.2) is 22.8 Å². The van der Waals surface area contributed by atoms with Crippen LogP contribution in [0.15, 0.2) is 30.3 Å². The van der Waals surface area contributed by atoms with E-state index in [1.165, 1.54) is 6.07 Å². The van der Waals surface area contributed by atoms with E-state index in [0.717, 1.165) is 0 Å². The molecule has 1 aliphatic heterocycles. The van der Waals surface area contributed by atoms with Crippen LogP contribution in [-0.2, 0) is 9.84 Å². The van der Waals surface area contributed by atoms with Crippen LogP contribution in [0.5, 0.6) is 0 Å². The zero-order valence-electron chi connectivity index (χ0n) is 13.5. The Hall–Kier alpha value is -2.22. The van der Waals surface area contributed by atoms with Gasteiger partial charge in [0.25, 0.3) is 0 Å². The van der Waals surface area contributed by atoms with E-state index in [-0.39, 0.29) is 23.4 Å². The van der Waals surface area contributed by atoms with Crippen LogP contribution in [0.25, 0.3) is 0 Å². The van der Waals surface area contributed by atoms with E-state index in [0.29, 0.717) is 29.6 Å². The number of aryl methyl sites for hydroxylation is 1. The lowest BCUT2D eigenvalue weighted by Gasteiger charge is -2.25. The maximum absolute atomic E-state index is 13.8. The van der Waals surface area contributed by atoms with Crippen molar-refractivity contribution in [2.75, 3.05) is 28.8 Å². The van der Waals surface area contributed by atoms with Gasteiger partial charge in [-0.05, 0) is 25.5 Å². The van der Waals surface area contributed by atoms with Crippen molar-refractivity contribution in [3.05, 3.63) is 42.0 Å².